The number of hydrogen-bond donors (Lipinski definition) is 2. The second-order valence-electron chi connectivity index (χ2n) is 4.92. The lowest BCUT2D eigenvalue weighted by atomic mass is 9.84. The van der Waals surface area contributed by atoms with Gasteiger partial charge in [0.05, 0.1) is 6.10 Å². The van der Waals surface area contributed by atoms with Gasteiger partial charge in [0.15, 0.2) is 5.79 Å². The van der Waals surface area contributed by atoms with Crippen molar-refractivity contribution in [2.24, 2.45) is 0 Å². The minimum atomic E-state index is -0.597. The monoisotopic (exact) mass is 201 g/mol. The minimum Gasteiger partial charge on any atom is -0.389 e. The molecule has 0 unspecified atom stereocenters. The van der Waals surface area contributed by atoms with Gasteiger partial charge in [0, 0.05) is 12.6 Å². The molecule has 2 saturated heterocycles. The van der Waals surface area contributed by atoms with Crippen LogP contribution in [0.5, 0.6) is 0 Å². The molecule has 2 N–H and O–H groups in total. The quantitative estimate of drug-likeness (QED) is 0.590. The lowest BCUT2D eigenvalue weighted by Gasteiger charge is -2.42. The van der Waals surface area contributed by atoms with Crippen LogP contribution in [0.2, 0.25) is 0 Å². The first kappa shape index (κ1) is 10.4. The summed E-state index contributed by atoms with van der Waals surface area (Å²) in [6.07, 6.45) is -0.716. The van der Waals surface area contributed by atoms with Crippen LogP contribution in [0.3, 0.4) is 0 Å². The molecule has 0 aromatic carbocycles. The summed E-state index contributed by atoms with van der Waals surface area (Å²) in [6.45, 7) is 8.39. The topological polar surface area (TPSA) is 50.7 Å². The van der Waals surface area contributed by atoms with Crippen LogP contribution in [0.15, 0.2) is 0 Å². The van der Waals surface area contributed by atoms with E-state index in [1.807, 2.05) is 20.8 Å². The third-order valence-corrected chi connectivity index (χ3v) is 3.28. The highest BCUT2D eigenvalue weighted by Gasteiger charge is 2.57. The Balaban J connectivity index is 2.28. The van der Waals surface area contributed by atoms with E-state index in [9.17, 15) is 5.11 Å². The van der Waals surface area contributed by atoms with Crippen LogP contribution in [0, 0.1) is 0 Å². The molecule has 0 aromatic heterocycles. The Bertz CT molecular complexity index is 244. The van der Waals surface area contributed by atoms with E-state index in [1.54, 1.807) is 0 Å². The Morgan fingerprint density at radius 3 is 2.57 bits per heavy atom. The third-order valence-electron chi connectivity index (χ3n) is 3.28. The standard InChI is InChI=1S/C10H19NO3/c1-6-10(4)8(7(12)5-11-6)13-9(2,3)14-10/h6-8,11-12H,5H2,1-4H3/t6-,7-,8+,10-/m0/s1. The fraction of sp³-hybridized carbons (Fsp3) is 1.00. The van der Waals surface area contributed by atoms with E-state index in [0.29, 0.717) is 6.54 Å². The molecule has 0 aromatic rings. The third kappa shape index (κ3) is 1.37. The maximum Gasteiger partial charge on any atom is 0.164 e. The molecule has 4 heteroatoms. The highest BCUT2D eigenvalue weighted by atomic mass is 16.8. The van der Waals surface area contributed by atoms with Crippen LogP contribution in [0.1, 0.15) is 27.7 Å². The number of nitrogens with one attached hydrogen (secondary N) is 1. The molecule has 82 valence electrons. The molecule has 0 saturated carbocycles. The van der Waals surface area contributed by atoms with Crippen LogP contribution in [-0.2, 0) is 9.47 Å². The average molecular weight is 201 g/mol. The molecule has 4 atom stereocenters. The van der Waals surface area contributed by atoms with Crippen LogP contribution >= 0.6 is 0 Å². The van der Waals surface area contributed by atoms with Crippen molar-refractivity contribution in [3.8, 4) is 0 Å². The number of hydrogen-bond acceptors (Lipinski definition) is 4. The SMILES string of the molecule is C[C@@H]1NC[C@H](O)[C@H]2OC(C)(C)O[C@@]12C. The van der Waals surface area contributed by atoms with Crippen molar-refractivity contribution in [1.29, 1.82) is 0 Å². The molecular formula is C10H19NO3. The number of piperidine rings is 1. The number of β-amino-alcohol motifs (C(OH)–C–C–N with tert-alkyl or cyclic N) is 1. The van der Waals surface area contributed by atoms with Crippen molar-refractivity contribution in [3.05, 3.63) is 0 Å². The zero-order chi connectivity index (χ0) is 10.6. The maximum atomic E-state index is 9.83. The summed E-state index contributed by atoms with van der Waals surface area (Å²) in [6, 6.07) is 0.192. The second kappa shape index (κ2) is 2.92. The van der Waals surface area contributed by atoms with Crippen LogP contribution in [-0.4, -0.2) is 41.3 Å². The van der Waals surface area contributed by atoms with E-state index in [1.165, 1.54) is 0 Å². The molecule has 0 bridgehead atoms. The van der Waals surface area contributed by atoms with Gasteiger partial charge in [-0.05, 0) is 27.7 Å². The van der Waals surface area contributed by atoms with Crippen LogP contribution in [0.4, 0.5) is 0 Å². The van der Waals surface area contributed by atoms with E-state index in [0.717, 1.165) is 0 Å². The Morgan fingerprint density at radius 2 is 2.00 bits per heavy atom. The average Bonchev–Trinajstić information content (AvgIpc) is 2.31. The highest BCUT2D eigenvalue weighted by molar-refractivity contribution is 5.06. The molecule has 2 heterocycles. The van der Waals surface area contributed by atoms with Gasteiger partial charge in [-0.2, -0.15) is 0 Å². The minimum absolute atomic E-state index is 0.192. The van der Waals surface area contributed by atoms with Gasteiger partial charge in [-0.1, -0.05) is 0 Å². The Hall–Kier alpha value is -0.160. The number of rotatable bonds is 0. The molecule has 2 aliphatic heterocycles. The fourth-order valence-electron chi connectivity index (χ4n) is 2.44. The smallest absolute Gasteiger partial charge is 0.164 e. The molecule has 0 radical (unpaired) electrons. The van der Waals surface area contributed by atoms with Crippen molar-refractivity contribution in [2.75, 3.05) is 6.54 Å². The van der Waals surface area contributed by atoms with Crippen molar-refractivity contribution >= 4 is 0 Å². The van der Waals surface area contributed by atoms with Gasteiger partial charge in [-0.3, -0.25) is 0 Å². The van der Waals surface area contributed by atoms with Crippen molar-refractivity contribution in [1.82, 2.24) is 5.32 Å². The first-order valence-corrected chi connectivity index (χ1v) is 5.14. The zero-order valence-electron chi connectivity index (χ0n) is 9.20. The van der Waals surface area contributed by atoms with Crippen molar-refractivity contribution < 1.29 is 14.6 Å². The molecule has 14 heavy (non-hydrogen) atoms. The summed E-state index contributed by atoms with van der Waals surface area (Å²) < 4.78 is 11.6. The normalized spacial score (nSPS) is 51.6. The molecule has 0 spiro atoms. The lowest BCUT2D eigenvalue weighted by Crippen LogP contribution is -2.64. The van der Waals surface area contributed by atoms with E-state index >= 15 is 0 Å². The summed E-state index contributed by atoms with van der Waals surface area (Å²) in [4.78, 5) is 0. The number of aliphatic hydroxyl groups excluding tert-OH is 1. The van der Waals surface area contributed by atoms with Crippen LogP contribution < -0.4 is 5.32 Å². The van der Waals surface area contributed by atoms with E-state index in [4.69, 9.17) is 9.47 Å². The molecule has 2 aliphatic rings. The Kier molecular flexibility index (Phi) is 2.16. The number of aliphatic hydroxyl groups is 1. The van der Waals surface area contributed by atoms with Crippen molar-refractivity contribution in [2.45, 2.75) is 57.3 Å². The largest absolute Gasteiger partial charge is 0.389 e. The van der Waals surface area contributed by atoms with Gasteiger partial charge in [-0.15, -0.1) is 0 Å². The van der Waals surface area contributed by atoms with Crippen LogP contribution in [0.25, 0.3) is 0 Å². The number of fused-ring (bicyclic) bond motifs is 1. The summed E-state index contributed by atoms with van der Waals surface area (Å²) in [5, 5.41) is 13.1. The van der Waals surface area contributed by atoms with Gasteiger partial charge in [-0.25, -0.2) is 0 Å². The predicted molar refractivity (Wildman–Crippen MR) is 51.9 cm³/mol. The zero-order valence-corrected chi connectivity index (χ0v) is 9.20. The summed E-state index contributed by atoms with van der Waals surface area (Å²) in [7, 11) is 0. The van der Waals surface area contributed by atoms with Crippen molar-refractivity contribution in [3.63, 3.8) is 0 Å². The molecule has 4 nitrogen and oxygen atoms in total. The van der Waals surface area contributed by atoms with E-state index in [2.05, 4.69) is 12.2 Å². The summed E-state index contributed by atoms with van der Waals surface area (Å²) in [5.74, 6) is -0.597. The number of ether oxygens (including phenoxy) is 2. The fourth-order valence-corrected chi connectivity index (χ4v) is 2.44. The molecular weight excluding hydrogens is 182 g/mol. The van der Waals surface area contributed by atoms with Gasteiger partial charge < -0.3 is 19.9 Å². The Labute approximate surface area is 84.6 Å². The summed E-state index contributed by atoms with van der Waals surface area (Å²) in [5.41, 5.74) is -0.429. The first-order valence-electron chi connectivity index (χ1n) is 5.14. The summed E-state index contributed by atoms with van der Waals surface area (Å²) >= 11 is 0. The molecule has 2 fully saturated rings. The first-order chi connectivity index (χ1) is 6.35. The van der Waals surface area contributed by atoms with Gasteiger partial charge in [0.1, 0.15) is 11.7 Å². The van der Waals surface area contributed by atoms with E-state index in [-0.39, 0.29) is 12.1 Å². The van der Waals surface area contributed by atoms with Gasteiger partial charge in [0.2, 0.25) is 0 Å². The second-order valence-corrected chi connectivity index (χ2v) is 4.92. The highest BCUT2D eigenvalue weighted by Crippen LogP contribution is 2.41. The molecule has 2 rings (SSSR count). The Morgan fingerprint density at radius 1 is 1.36 bits per heavy atom. The maximum absolute atomic E-state index is 9.83. The van der Waals surface area contributed by atoms with Gasteiger partial charge in [0.25, 0.3) is 0 Å². The molecule has 0 amide bonds. The van der Waals surface area contributed by atoms with Gasteiger partial charge >= 0.3 is 0 Å². The predicted octanol–water partition coefficient (Wildman–Crippen LogP) is 0.249. The van der Waals surface area contributed by atoms with E-state index < -0.39 is 17.5 Å². The lowest BCUT2D eigenvalue weighted by molar-refractivity contribution is -0.164. The molecule has 0 aliphatic carbocycles.